The lowest BCUT2D eigenvalue weighted by atomic mass is 10.2. The lowest BCUT2D eigenvalue weighted by Gasteiger charge is -1.96. The number of nitrogens with zero attached hydrogens (tertiary/aromatic N) is 1. The molecule has 0 saturated heterocycles. The van der Waals surface area contributed by atoms with Crippen LogP contribution in [0.25, 0.3) is 6.08 Å². The number of rotatable bonds is 5. The van der Waals surface area contributed by atoms with Gasteiger partial charge in [0.25, 0.3) is 0 Å². The molecular weight excluding hydrogens is 220 g/mol. The minimum Gasteiger partial charge on any atom is -0.477 e. The fraction of sp³-hybridized carbons (Fsp3) is 0.167. The first-order valence-corrected chi connectivity index (χ1v) is 5.01. The van der Waals surface area contributed by atoms with Crippen molar-refractivity contribution in [1.82, 2.24) is 0 Å². The number of hydrogen-bond donors (Lipinski definition) is 2. The number of carboxylic acid groups (broad SMARTS) is 1. The molecule has 0 spiro atoms. The van der Waals surface area contributed by atoms with Crippen molar-refractivity contribution >= 4 is 23.4 Å². The highest BCUT2D eigenvalue weighted by Crippen LogP contribution is 2.07. The van der Waals surface area contributed by atoms with E-state index >= 15 is 0 Å². The fourth-order valence-corrected chi connectivity index (χ4v) is 1.06. The average Bonchev–Trinajstić information content (AvgIpc) is 2.28. The zero-order valence-electron chi connectivity index (χ0n) is 9.46. The van der Waals surface area contributed by atoms with E-state index in [0.717, 1.165) is 5.56 Å². The number of nitrogen functional groups attached to an aromatic ring is 1. The van der Waals surface area contributed by atoms with Crippen LogP contribution in [0.3, 0.4) is 0 Å². The third kappa shape index (κ3) is 4.83. The maximum Gasteiger partial charge on any atom is 0.353 e. The van der Waals surface area contributed by atoms with Gasteiger partial charge in [-0.1, -0.05) is 23.4 Å². The standard InChI is InChI=1S/C12H14N2O3/c1-9(12(15)16)14-17-7-3-5-10-4-2-6-11(13)8-10/h2-6,8H,7,13H2,1H3,(H,15,16). The molecule has 3 N–H and O–H groups in total. The second-order valence-electron chi connectivity index (χ2n) is 3.35. The number of aliphatic carboxylic acids is 1. The molecule has 0 radical (unpaired) electrons. The predicted octanol–water partition coefficient (Wildman–Crippen LogP) is 1.76. The van der Waals surface area contributed by atoms with Crippen LogP contribution in [-0.2, 0) is 9.63 Å². The number of nitrogens with two attached hydrogens (primary N) is 1. The van der Waals surface area contributed by atoms with E-state index in [1.165, 1.54) is 6.92 Å². The summed E-state index contributed by atoms with van der Waals surface area (Å²) in [6, 6.07) is 7.37. The molecule has 0 heterocycles. The minimum atomic E-state index is -1.09. The summed E-state index contributed by atoms with van der Waals surface area (Å²) in [6.07, 6.45) is 3.55. The summed E-state index contributed by atoms with van der Waals surface area (Å²) < 4.78 is 0. The highest BCUT2D eigenvalue weighted by atomic mass is 16.6. The Balaban J connectivity index is 2.41. The van der Waals surface area contributed by atoms with E-state index in [0.29, 0.717) is 5.69 Å². The lowest BCUT2D eigenvalue weighted by Crippen LogP contribution is -2.08. The smallest absolute Gasteiger partial charge is 0.353 e. The molecule has 0 aliphatic rings. The van der Waals surface area contributed by atoms with E-state index in [1.807, 2.05) is 24.3 Å². The van der Waals surface area contributed by atoms with Crippen LogP contribution in [0.2, 0.25) is 0 Å². The molecule has 17 heavy (non-hydrogen) atoms. The van der Waals surface area contributed by atoms with Crippen molar-refractivity contribution in [1.29, 1.82) is 0 Å². The number of carbonyl (C=O) groups is 1. The molecule has 5 nitrogen and oxygen atoms in total. The van der Waals surface area contributed by atoms with E-state index in [4.69, 9.17) is 15.7 Å². The van der Waals surface area contributed by atoms with Crippen molar-refractivity contribution in [2.24, 2.45) is 5.16 Å². The summed E-state index contributed by atoms with van der Waals surface area (Å²) in [7, 11) is 0. The Hall–Kier alpha value is -2.30. The molecule has 1 aromatic carbocycles. The molecule has 0 unspecified atom stereocenters. The van der Waals surface area contributed by atoms with Crippen LogP contribution in [0.5, 0.6) is 0 Å². The minimum absolute atomic E-state index is 0.0812. The lowest BCUT2D eigenvalue weighted by molar-refractivity contribution is -0.129. The largest absolute Gasteiger partial charge is 0.477 e. The molecular formula is C12H14N2O3. The first-order valence-electron chi connectivity index (χ1n) is 5.01. The highest BCUT2D eigenvalue weighted by Gasteiger charge is 2.00. The number of benzene rings is 1. The van der Waals surface area contributed by atoms with Crippen LogP contribution in [0, 0.1) is 0 Å². The molecule has 1 rings (SSSR count). The van der Waals surface area contributed by atoms with Gasteiger partial charge in [-0.15, -0.1) is 0 Å². The molecule has 0 aliphatic heterocycles. The van der Waals surface area contributed by atoms with Gasteiger partial charge in [0, 0.05) is 5.69 Å². The molecule has 5 heteroatoms. The maximum absolute atomic E-state index is 10.4. The van der Waals surface area contributed by atoms with Gasteiger partial charge in [-0.2, -0.15) is 0 Å². The number of hydrogen-bond acceptors (Lipinski definition) is 4. The highest BCUT2D eigenvalue weighted by molar-refractivity contribution is 6.34. The van der Waals surface area contributed by atoms with Crippen molar-refractivity contribution in [2.45, 2.75) is 6.92 Å². The van der Waals surface area contributed by atoms with Crippen molar-refractivity contribution in [3.05, 3.63) is 35.9 Å². The zero-order valence-corrected chi connectivity index (χ0v) is 9.46. The van der Waals surface area contributed by atoms with Crippen molar-refractivity contribution in [2.75, 3.05) is 12.3 Å². The summed E-state index contributed by atoms with van der Waals surface area (Å²) in [5.41, 5.74) is 7.17. The molecule has 0 amide bonds. The van der Waals surface area contributed by atoms with Crippen molar-refractivity contribution < 1.29 is 14.7 Å². The molecule has 0 fully saturated rings. The van der Waals surface area contributed by atoms with Gasteiger partial charge in [0.05, 0.1) is 0 Å². The van der Waals surface area contributed by atoms with Gasteiger partial charge in [-0.05, 0) is 30.7 Å². The van der Waals surface area contributed by atoms with Crippen LogP contribution >= 0.6 is 0 Å². The summed E-state index contributed by atoms with van der Waals surface area (Å²) in [6.45, 7) is 1.57. The maximum atomic E-state index is 10.4. The van der Waals surface area contributed by atoms with Gasteiger partial charge in [0.2, 0.25) is 0 Å². The molecule has 1 aromatic rings. The average molecular weight is 234 g/mol. The molecule has 0 atom stereocenters. The summed E-state index contributed by atoms with van der Waals surface area (Å²) in [5.74, 6) is -1.09. The third-order valence-corrected chi connectivity index (χ3v) is 1.90. The number of carboxylic acids is 1. The van der Waals surface area contributed by atoms with E-state index in [1.54, 1.807) is 12.1 Å². The molecule has 0 bridgehead atoms. The van der Waals surface area contributed by atoms with Gasteiger partial charge in [0.1, 0.15) is 6.61 Å². The molecule has 0 aliphatic carbocycles. The number of oxime groups is 1. The third-order valence-electron chi connectivity index (χ3n) is 1.90. The zero-order chi connectivity index (χ0) is 12.7. The van der Waals surface area contributed by atoms with Crippen LogP contribution in [0.15, 0.2) is 35.5 Å². The van der Waals surface area contributed by atoms with E-state index in [2.05, 4.69) is 5.16 Å². The molecule has 0 aromatic heterocycles. The van der Waals surface area contributed by atoms with Crippen molar-refractivity contribution in [3.63, 3.8) is 0 Å². The predicted molar refractivity (Wildman–Crippen MR) is 66.6 cm³/mol. The quantitative estimate of drug-likeness (QED) is 0.352. The van der Waals surface area contributed by atoms with Gasteiger partial charge in [-0.25, -0.2) is 4.79 Å². The summed E-state index contributed by atoms with van der Waals surface area (Å²) in [4.78, 5) is 15.2. The van der Waals surface area contributed by atoms with E-state index < -0.39 is 5.97 Å². The molecule has 0 saturated carbocycles. The molecule has 90 valence electrons. The number of anilines is 1. The van der Waals surface area contributed by atoms with Gasteiger partial charge in [0.15, 0.2) is 5.71 Å². The topological polar surface area (TPSA) is 84.9 Å². The Morgan fingerprint density at radius 2 is 2.35 bits per heavy atom. The summed E-state index contributed by atoms with van der Waals surface area (Å²) >= 11 is 0. The fourth-order valence-electron chi connectivity index (χ4n) is 1.06. The first kappa shape index (κ1) is 12.8. The Morgan fingerprint density at radius 1 is 1.59 bits per heavy atom. The Bertz CT molecular complexity index is 453. The monoisotopic (exact) mass is 234 g/mol. The van der Waals surface area contributed by atoms with Crippen LogP contribution in [0.4, 0.5) is 5.69 Å². The van der Waals surface area contributed by atoms with Crippen LogP contribution < -0.4 is 5.73 Å². The SMILES string of the molecule is CC(=NOCC=Cc1cccc(N)c1)C(=O)O. The van der Waals surface area contributed by atoms with Crippen LogP contribution in [-0.4, -0.2) is 23.4 Å². The Labute approximate surface area is 99.2 Å². The van der Waals surface area contributed by atoms with E-state index in [9.17, 15) is 4.79 Å². The van der Waals surface area contributed by atoms with Gasteiger partial charge < -0.3 is 15.7 Å². The Morgan fingerprint density at radius 3 is 3.00 bits per heavy atom. The van der Waals surface area contributed by atoms with Crippen molar-refractivity contribution in [3.8, 4) is 0 Å². The second-order valence-corrected chi connectivity index (χ2v) is 3.35. The van der Waals surface area contributed by atoms with Gasteiger partial charge >= 0.3 is 5.97 Å². The van der Waals surface area contributed by atoms with E-state index in [-0.39, 0.29) is 12.3 Å². The normalized spacial score (nSPS) is 11.7. The van der Waals surface area contributed by atoms with Gasteiger partial charge in [-0.3, -0.25) is 0 Å². The Kier molecular flexibility index (Phi) is 4.75. The summed E-state index contributed by atoms with van der Waals surface area (Å²) in [5, 5.41) is 11.9. The first-order chi connectivity index (χ1) is 8.09. The second kappa shape index (κ2) is 6.32. The van der Waals surface area contributed by atoms with Crippen LogP contribution in [0.1, 0.15) is 12.5 Å².